The standard InChI is InChI=1S/C23H26N4O4S/c1-3-4-5-20(28)24-18-11-9-17(10-12-18)22(30)26-27-23(32)25-21(29)15-8-16-6-13-19(31-2)14-7-16/h6-15H,3-5H2,1-2H3,(H,24,28)(H,26,30)(H2,25,27,29,32)/b15-8+. The minimum atomic E-state index is -0.448. The number of hydrazine groups is 1. The van der Waals surface area contributed by atoms with E-state index in [9.17, 15) is 14.4 Å². The zero-order chi connectivity index (χ0) is 23.3. The van der Waals surface area contributed by atoms with Crippen LogP contribution in [-0.4, -0.2) is 29.9 Å². The first-order chi connectivity index (χ1) is 15.4. The number of rotatable bonds is 8. The largest absolute Gasteiger partial charge is 0.497 e. The van der Waals surface area contributed by atoms with Crippen molar-refractivity contribution in [2.45, 2.75) is 26.2 Å². The van der Waals surface area contributed by atoms with E-state index in [1.54, 1.807) is 61.7 Å². The van der Waals surface area contributed by atoms with Gasteiger partial charge in [0.15, 0.2) is 5.11 Å². The molecule has 32 heavy (non-hydrogen) atoms. The Kier molecular flexibility index (Phi) is 9.86. The average Bonchev–Trinajstić information content (AvgIpc) is 2.80. The van der Waals surface area contributed by atoms with Crippen LogP contribution in [0.2, 0.25) is 0 Å². The van der Waals surface area contributed by atoms with Gasteiger partial charge in [0, 0.05) is 23.7 Å². The van der Waals surface area contributed by atoms with E-state index in [4.69, 9.17) is 17.0 Å². The normalized spacial score (nSPS) is 10.3. The van der Waals surface area contributed by atoms with Crippen LogP contribution in [0.1, 0.15) is 42.1 Å². The molecule has 0 saturated carbocycles. The van der Waals surface area contributed by atoms with Crippen LogP contribution in [0.15, 0.2) is 54.6 Å². The number of methoxy groups -OCH3 is 1. The van der Waals surface area contributed by atoms with Gasteiger partial charge in [0.05, 0.1) is 7.11 Å². The highest BCUT2D eigenvalue weighted by atomic mass is 32.1. The Morgan fingerprint density at radius 2 is 1.69 bits per heavy atom. The molecule has 2 rings (SSSR count). The number of ether oxygens (including phenoxy) is 1. The summed E-state index contributed by atoms with van der Waals surface area (Å²) >= 11 is 5.01. The Morgan fingerprint density at radius 3 is 2.31 bits per heavy atom. The van der Waals surface area contributed by atoms with Gasteiger partial charge in [-0.15, -0.1) is 0 Å². The summed E-state index contributed by atoms with van der Waals surface area (Å²) in [4.78, 5) is 35.9. The fraction of sp³-hybridized carbons (Fsp3) is 0.217. The average molecular weight is 455 g/mol. The van der Waals surface area contributed by atoms with Gasteiger partial charge in [-0.2, -0.15) is 0 Å². The highest BCUT2D eigenvalue weighted by Crippen LogP contribution is 2.12. The van der Waals surface area contributed by atoms with Crippen LogP contribution in [0.3, 0.4) is 0 Å². The van der Waals surface area contributed by atoms with E-state index in [1.807, 2.05) is 6.92 Å². The van der Waals surface area contributed by atoms with Gasteiger partial charge in [0.2, 0.25) is 11.8 Å². The lowest BCUT2D eigenvalue weighted by Gasteiger charge is -2.10. The number of nitrogens with one attached hydrogen (secondary N) is 4. The Morgan fingerprint density at radius 1 is 1.00 bits per heavy atom. The molecule has 168 valence electrons. The Hall–Kier alpha value is -3.72. The van der Waals surface area contributed by atoms with Crippen LogP contribution in [0.25, 0.3) is 6.08 Å². The summed E-state index contributed by atoms with van der Waals surface area (Å²) in [6, 6.07) is 13.6. The van der Waals surface area contributed by atoms with Crippen LogP contribution in [0.4, 0.5) is 5.69 Å². The minimum absolute atomic E-state index is 0.0532. The second kappa shape index (κ2) is 12.9. The molecule has 0 bridgehead atoms. The summed E-state index contributed by atoms with van der Waals surface area (Å²) in [5.74, 6) is -0.234. The van der Waals surface area contributed by atoms with Crippen LogP contribution >= 0.6 is 12.2 Å². The van der Waals surface area contributed by atoms with Crippen molar-refractivity contribution >= 4 is 46.8 Å². The zero-order valence-corrected chi connectivity index (χ0v) is 18.8. The molecule has 0 aromatic heterocycles. The third-order valence-corrected chi connectivity index (χ3v) is 4.46. The number of hydrogen-bond acceptors (Lipinski definition) is 5. The van der Waals surface area contributed by atoms with Gasteiger partial charge < -0.3 is 10.1 Å². The number of anilines is 1. The number of thiocarbonyl (C=S) groups is 1. The maximum atomic E-state index is 12.2. The van der Waals surface area contributed by atoms with Crippen molar-refractivity contribution in [2.24, 2.45) is 0 Å². The van der Waals surface area contributed by atoms with Crippen molar-refractivity contribution < 1.29 is 19.1 Å². The summed E-state index contributed by atoms with van der Waals surface area (Å²) in [6.45, 7) is 2.02. The van der Waals surface area contributed by atoms with Gasteiger partial charge in [0.25, 0.3) is 5.91 Å². The van der Waals surface area contributed by atoms with Crippen molar-refractivity contribution in [3.63, 3.8) is 0 Å². The molecule has 4 N–H and O–H groups in total. The molecule has 2 aromatic carbocycles. The number of carbonyl (C=O) groups excluding carboxylic acids is 3. The van der Waals surface area contributed by atoms with Gasteiger partial charge >= 0.3 is 0 Å². The maximum Gasteiger partial charge on any atom is 0.269 e. The predicted molar refractivity (Wildman–Crippen MR) is 128 cm³/mol. The molecule has 0 heterocycles. The molecule has 0 aliphatic rings. The molecule has 0 fully saturated rings. The molecule has 0 atom stereocenters. The van der Waals surface area contributed by atoms with E-state index in [1.165, 1.54) is 6.08 Å². The fourth-order valence-electron chi connectivity index (χ4n) is 2.52. The molecule has 0 aliphatic heterocycles. The topological polar surface area (TPSA) is 109 Å². The van der Waals surface area contributed by atoms with E-state index >= 15 is 0 Å². The van der Waals surface area contributed by atoms with E-state index in [2.05, 4.69) is 21.5 Å². The summed E-state index contributed by atoms with van der Waals surface area (Å²) in [5, 5.41) is 5.16. The monoisotopic (exact) mass is 454 g/mol. The van der Waals surface area contributed by atoms with Gasteiger partial charge in [-0.25, -0.2) is 0 Å². The molecule has 0 aliphatic carbocycles. The molecule has 0 spiro atoms. The van der Waals surface area contributed by atoms with Gasteiger partial charge in [-0.3, -0.25) is 30.6 Å². The maximum absolute atomic E-state index is 12.2. The molecule has 0 radical (unpaired) electrons. The molecule has 2 aromatic rings. The quantitative estimate of drug-likeness (QED) is 0.277. The van der Waals surface area contributed by atoms with E-state index in [0.29, 0.717) is 17.7 Å². The summed E-state index contributed by atoms with van der Waals surface area (Å²) in [7, 11) is 1.58. The number of unbranched alkanes of at least 4 members (excludes halogenated alkanes) is 1. The lowest BCUT2D eigenvalue weighted by molar-refractivity contribution is -0.116. The van der Waals surface area contributed by atoms with Gasteiger partial charge in [-0.1, -0.05) is 25.5 Å². The Bertz CT molecular complexity index is 972. The van der Waals surface area contributed by atoms with Crippen LogP contribution in [0, 0.1) is 0 Å². The minimum Gasteiger partial charge on any atom is -0.497 e. The van der Waals surface area contributed by atoms with Gasteiger partial charge in [-0.05, 0) is 66.7 Å². The molecular formula is C23H26N4O4S. The highest BCUT2D eigenvalue weighted by molar-refractivity contribution is 7.80. The molecule has 9 heteroatoms. The smallest absolute Gasteiger partial charge is 0.269 e. The predicted octanol–water partition coefficient (Wildman–Crippen LogP) is 3.17. The van der Waals surface area contributed by atoms with Crippen LogP contribution < -0.4 is 26.2 Å². The van der Waals surface area contributed by atoms with Crippen molar-refractivity contribution in [3.8, 4) is 5.75 Å². The molecular weight excluding hydrogens is 428 g/mol. The van der Waals surface area contributed by atoms with Gasteiger partial charge in [0.1, 0.15) is 5.75 Å². The molecule has 8 nitrogen and oxygen atoms in total. The number of amides is 3. The van der Waals surface area contributed by atoms with Crippen molar-refractivity contribution in [3.05, 3.63) is 65.7 Å². The number of benzene rings is 2. The third kappa shape index (κ3) is 8.57. The second-order valence-electron chi connectivity index (χ2n) is 6.73. The lowest BCUT2D eigenvalue weighted by Crippen LogP contribution is -2.48. The first-order valence-corrected chi connectivity index (χ1v) is 10.5. The van der Waals surface area contributed by atoms with E-state index in [-0.39, 0.29) is 11.0 Å². The highest BCUT2D eigenvalue weighted by Gasteiger charge is 2.08. The lowest BCUT2D eigenvalue weighted by atomic mass is 10.2. The zero-order valence-electron chi connectivity index (χ0n) is 17.9. The molecule has 3 amide bonds. The first-order valence-electron chi connectivity index (χ1n) is 10.0. The van der Waals surface area contributed by atoms with Crippen molar-refractivity contribution in [1.29, 1.82) is 0 Å². The number of carbonyl (C=O) groups is 3. The Balaban J connectivity index is 1.76. The summed E-state index contributed by atoms with van der Waals surface area (Å²) in [6.07, 6.45) is 5.18. The van der Waals surface area contributed by atoms with E-state index < -0.39 is 11.8 Å². The van der Waals surface area contributed by atoms with Crippen LogP contribution in [-0.2, 0) is 9.59 Å². The SMILES string of the molecule is CCCCC(=O)Nc1ccc(C(=O)NNC(=S)NC(=O)/C=C/c2ccc(OC)cc2)cc1. The van der Waals surface area contributed by atoms with Crippen molar-refractivity contribution in [1.82, 2.24) is 16.2 Å². The van der Waals surface area contributed by atoms with Crippen LogP contribution in [0.5, 0.6) is 5.75 Å². The summed E-state index contributed by atoms with van der Waals surface area (Å²) < 4.78 is 5.08. The van der Waals surface area contributed by atoms with E-state index in [0.717, 1.165) is 24.2 Å². The Labute approximate surface area is 192 Å². The first kappa shape index (κ1) is 24.5. The second-order valence-corrected chi connectivity index (χ2v) is 7.14. The molecule has 0 unspecified atom stereocenters. The van der Waals surface area contributed by atoms with Crippen molar-refractivity contribution in [2.75, 3.05) is 12.4 Å². The molecule has 0 saturated heterocycles. The summed E-state index contributed by atoms with van der Waals surface area (Å²) in [5.41, 5.74) is 6.67. The third-order valence-electron chi connectivity index (χ3n) is 4.26. The fourth-order valence-corrected chi connectivity index (χ4v) is 2.67. The number of hydrogen-bond donors (Lipinski definition) is 4.